The lowest BCUT2D eigenvalue weighted by atomic mass is 9.90. The van der Waals surface area contributed by atoms with Gasteiger partial charge in [-0.1, -0.05) is 41.9 Å². The first-order valence-corrected chi connectivity index (χ1v) is 9.48. The van der Waals surface area contributed by atoms with Gasteiger partial charge in [0.2, 0.25) is 5.91 Å². The van der Waals surface area contributed by atoms with Crippen molar-refractivity contribution in [3.8, 4) is 0 Å². The Labute approximate surface area is 188 Å². The fourth-order valence-corrected chi connectivity index (χ4v) is 2.31. The maximum Gasteiger partial charge on any atom is 0.241 e. The summed E-state index contributed by atoms with van der Waals surface area (Å²) < 4.78 is 6.22. The normalized spacial score (nSPS) is 11.6. The number of rotatable bonds is 9. The first kappa shape index (κ1) is 26.1. The van der Waals surface area contributed by atoms with Gasteiger partial charge < -0.3 is 20.3 Å². The van der Waals surface area contributed by atoms with E-state index in [4.69, 9.17) is 4.74 Å². The van der Waals surface area contributed by atoms with Gasteiger partial charge in [-0.05, 0) is 29.5 Å². The van der Waals surface area contributed by atoms with Crippen LogP contribution < -0.4 is 10.6 Å². The number of guanidine groups is 1. The lowest BCUT2D eigenvalue weighted by Gasteiger charge is -2.26. The monoisotopic (exact) mass is 554 g/mol. The Morgan fingerprint density at radius 1 is 1.22 bits per heavy atom. The van der Waals surface area contributed by atoms with Crippen molar-refractivity contribution in [2.24, 2.45) is 10.4 Å². The molecular formula is C19H32BrIN4O2. The van der Waals surface area contributed by atoms with Crippen LogP contribution in [-0.4, -0.2) is 57.7 Å². The van der Waals surface area contributed by atoms with Crippen LogP contribution in [0.1, 0.15) is 25.8 Å². The summed E-state index contributed by atoms with van der Waals surface area (Å²) in [5.41, 5.74) is 1.16. The van der Waals surface area contributed by atoms with E-state index >= 15 is 0 Å². The van der Waals surface area contributed by atoms with E-state index in [1.54, 1.807) is 26.1 Å². The summed E-state index contributed by atoms with van der Waals surface area (Å²) in [7, 11) is 5.19. The summed E-state index contributed by atoms with van der Waals surface area (Å²) in [5, 5.41) is 6.47. The number of benzene rings is 1. The van der Waals surface area contributed by atoms with Gasteiger partial charge >= 0.3 is 0 Å². The highest BCUT2D eigenvalue weighted by Gasteiger charge is 2.18. The molecule has 0 spiro atoms. The van der Waals surface area contributed by atoms with Crippen LogP contribution in [0.2, 0.25) is 0 Å². The third kappa shape index (κ3) is 11.5. The standard InChI is InChI=1S/C19H31BrN4O2.HI/c1-19(2,10-11-26-5)14-23-18(22-13-17(25)24(3)4)21-12-15-6-8-16(20)9-7-15;/h6-9H,10-14H2,1-5H3,(H2,21,22,23);1H. The van der Waals surface area contributed by atoms with Crippen molar-refractivity contribution in [3.63, 3.8) is 0 Å². The average molecular weight is 555 g/mol. The van der Waals surface area contributed by atoms with Gasteiger partial charge in [0.1, 0.15) is 0 Å². The van der Waals surface area contributed by atoms with Crippen LogP contribution >= 0.6 is 39.9 Å². The SMILES string of the molecule is COCCC(C)(C)CNC(=NCc1ccc(Br)cc1)NCC(=O)N(C)C.I. The molecule has 0 saturated carbocycles. The van der Waals surface area contributed by atoms with Crippen molar-refractivity contribution in [1.29, 1.82) is 0 Å². The van der Waals surface area contributed by atoms with Crippen molar-refractivity contribution in [2.45, 2.75) is 26.8 Å². The molecular weight excluding hydrogens is 523 g/mol. The molecule has 0 unspecified atom stereocenters. The molecule has 0 fully saturated rings. The molecule has 27 heavy (non-hydrogen) atoms. The molecule has 0 atom stereocenters. The average Bonchev–Trinajstić information content (AvgIpc) is 2.60. The third-order valence-electron chi connectivity index (χ3n) is 3.96. The second-order valence-electron chi connectivity index (χ2n) is 7.19. The van der Waals surface area contributed by atoms with Gasteiger partial charge in [-0.15, -0.1) is 24.0 Å². The van der Waals surface area contributed by atoms with Crippen molar-refractivity contribution < 1.29 is 9.53 Å². The second-order valence-corrected chi connectivity index (χ2v) is 8.11. The third-order valence-corrected chi connectivity index (χ3v) is 4.48. The minimum atomic E-state index is 0. The number of nitrogens with zero attached hydrogens (tertiary/aromatic N) is 2. The van der Waals surface area contributed by atoms with Crippen molar-refractivity contribution in [1.82, 2.24) is 15.5 Å². The summed E-state index contributed by atoms with van der Waals surface area (Å²) in [6.07, 6.45) is 0.938. The lowest BCUT2D eigenvalue weighted by Crippen LogP contribution is -2.45. The van der Waals surface area contributed by atoms with E-state index in [1.165, 1.54) is 0 Å². The smallest absolute Gasteiger partial charge is 0.241 e. The first-order chi connectivity index (χ1) is 12.2. The Hall–Kier alpha value is -0.870. The highest BCUT2D eigenvalue weighted by molar-refractivity contribution is 14.0. The lowest BCUT2D eigenvalue weighted by molar-refractivity contribution is -0.127. The van der Waals surface area contributed by atoms with Crippen LogP contribution in [-0.2, 0) is 16.1 Å². The summed E-state index contributed by atoms with van der Waals surface area (Å²) in [4.78, 5) is 18.0. The van der Waals surface area contributed by atoms with Gasteiger partial charge in [-0.25, -0.2) is 4.99 Å². The highest BCUT2D eigenvalue weighted by atomic mass is 127. The Balaban J connectivity index is 0.00000676. The van der Waals surface area contributed by atoms with Crippen LogP contribution in [0.15, 0.2) is 33.7 Å². The number of amides is 1. The number of ether oxygens (including phenoxy) is 1. The van der Waals surface area contributed by atoms with Gasteiger partial charge in [0.25, 0.3) is 0 Å². The largest absolute Gasteiger partial charge is 0.385 e. The van der Waals surface area contributed by atoms with E-state index in [1.807, 2.05) is 24.3 Å². The fourth-order valence-electron chi connectivity index (χ4n) is 2.04. The van der Waals surface area contributed by atoms with Crippen LogP contribution in [0.3, 0.4) is 0 Å². The zero-order valence-electron chi connectivity index (χ0n) is 16.8. The molecule has 154 valence electrons. The molecule has 0 heterocycles. The number of methoxy groups -OCH3 is 1. The molecule has 0 aliphatic carbocycles. The maximum absolute atomic E-state index is 11.9. The van der Waals surface area contributed by atoms with E-state index < -0.39 is 0 Å². The van der Waals surface area contributed by atoms with Gasteiger partial charge in [0, 0.05) is 38.8 Å². The Bertz CT molecular complexity index is 592. The number of carbonyl (C=O) groups excluding carboxylic acids is 1. The molecule has 0 saturated heterocycles. The van der Waals surface area contributed by atoms with E-state index in [0.717, 1.165) is 23.0 Å². The predicted molar refractivity (Wildman–Crippen MR) is 126 cm³/mol. The number of hydrogen-bond acceptors (Lipinski definition) is 3. The molecule has 1 rings (SSSR count). The first-order valence-electron chi connectivity index (χ1n) is 8.69. The van der Waals surface area contributed by atoms with Crippen molar-refractivity contribution in [2.75, 3.05) is 40.9 Å². The number of aliphatic imine (C=N–C) groups is 1. The molecule has 8 heteroatoms. The van der Waals surface area contributed by atoms with E-state index in [2.05, 4.69) is 45.4 Å². The molecule has 1 aromatic carbocycles. The van der Waals surface area contributed by atoms with Crippen molar-refractivity contribution in [3.05, 3.63) is 34.3 Å². The Morgan fingerprint density at radius 2 is 1.85 bits per heavy atom. The number of carbonyl (C=O) groups is 1. The molecule has 6 nitrogen and oxygen atoms in total. The second kappa shape index (κ2) is 13.3. The quantitative estimate of drug-likeness (QED) is 0.279. The summed E-state index contributed by atoms with van der Waals surface area (Å²) in [5.74, 6) is 0.635. The molecule has 0 aliphatic heterocycles. The molecule has 2 N–H and O–H groups in total. The number of nitrogens with one attached hydrogen (secondary N) is 2. The molecule has 0 aliphatic rings. The van der Waals surface area contributed by atoms with Crippen LogP contribution in [0.5, 0.6) is 0 Å². The van der Waals surface area contributed by atoms with E-state index in [-0.39, 0.29) is 41.8 Å². The minimum absolute atomic E-state index is 0. The molecule has 0 bridgehead atoms. The van der Waals surface area contributed by atoms with Crippen LogP contribution in [0.25, 0.3) is 0 Å². The summed E-state index contributed by atoms with van der Waals surface area (Å²) in [6, 6.07) is 8.04. The molecule has 1 amide bonds. The molecule has 0 radical (unpaired) electrons. The number of hydrogen-bond donors (Lipinski definition) is 2. The topological polar surface area (TPSA) is 66.0 Å². The fraction of sp³-hybridized carbons (Fsp3) is 0.579. The van der Waals surface area contributed by atoms with Gasteiger partial charge in [0.05, 0.1) is 13.1 Å². The van der Waals surface area contributed by atoms with E-state index in [9.17, 15) is 4.79 Å². The predicted octanol–water partition coefficient (Wildman–Crippen LogP) is 3.25. The highest BCUT2D eigenvalue weighted by Crippen LogP contribution is 2.18. The van der Waals surface area contributed by atoms with Gasteiger partial charge in [0.15, 0.2) is 5.96 Å². The van der Waals surface area contributed by atoms with Crippen LogP contribution in [0.4, 0.5) is 0 Å². The minimum Gasteiger partial charge on any atom is -0.385 e. The zero-order chi connectivity index (χ0) is 19.6. The Kier molecular flexibility index (Phi) is 12.9. The van der Waals surface area contributed by atoms with E-state index in [0.29, 0.717) is 19.1 Å². The zero-order valence-corrected chi connectivity index (χ0v) is 20.8. The number of likely N-dealkylation sites (N-methyl/N-ethyl adjacent to an activating group) is 1. The maximum atomic E-state index is 11.9. The Morgan fingerprint density at radius 3 is 2.41 bits per heavy atom. The van der Waals surface area contributed by atoms with Crippen LogP contribution in [0, 0.1) is 5.41 Å². The molecule has 1 aromatic rings. The number of halogens is 2. The summed E-state index contributed by atoms with van der Waals surface area (Å²) in [6.45, 7) is 6.55. The molecule has 0 aromatic heterocycles. The van der Waals surface area contributed by atoms with Crippen molar-refractivity contribution >= 4 is 51.8 Å². The van der Waals surface area contributed by atoms with Gasteiger partial charge in [-0.2, -0.15) is 0 Å². The van der Waals surface area contributed by atoms with Gasteiger partial charge in [-0.3, -0.25) is 4.79 Å². The summed E-state index contributed by atoms with van der Waals surface area (Å²) >= 11 is 3.43.